The minimum absolute atomic E-state index is 0.141. The number of aromatic nitrogens is 4. The highest BCUT2D eigenvalue weighted by Gasteiger charge is 2.09. The van der Waals surface area contributed by atoms with Crippen LogP contribution in [0.5, 0.6) is 0 Å². The predicted molar refractivity (Wildman–Crippen MR) is 59.7 cm³/mol. The van der Waals surface area contributed by atoms with Gasteiger partial charge < -0.3 is 4.74 Å². The van der Waals surface area contributed by atoms with Crippen LogP contribution in [0, 0.1) is 0 Å². The number of carbonyl (C=O) groups excluding carboxylic acids is 1. The van der Waals surface area contributed by atoms with Crippen molar-refractivity contribution in [3.05, 3.63) is 36.5 Å². The second-order valence-corrected chi connectivity index (χ2v) is 3.70. The highest BCUT2D eigenvalue weighted by molar-refractivity contribution is 5.89. The molecule has 88 valence electrons. The molecule has 0 saturated carbocycles. The minimum Gasteiger partial charge on any atom is -0.459 e. The van der Waals surface area contributed by atoms with Crippen LogP contribution >= 0.6 is 0 Å². The Morgan fingerprint density at radius 2 is 2.24 bits per heavy atom. The zero-order valence-corrected chi connectivity index (χ0v) is 9.57. The Labute approximate surface area is 98.3 Å². The predicted octanol–water partition coefficient (Wildman–Crippen LogP) is 1.23. The average Bonchev–Trinajstić information content (AvgIpc) is 2.82. The summed E-state index contributed by atoms with van der Waals surface area (Å²) in [5.74, 6) is 0.223. The second kappa shape index (κ2) is 4.73. The number of rotatable bonds is 3. The molecule has 0 spiro atoms. The van der Waals surface area contributed by atoms with E-state index in [1.54, 1.807) is 26.0 Å². The lowest BCUT2D eigenvalue weighted by Gasteiger charge is -2.07. The van der Waals surface area contributed by atoms with Gasteiger partial charge in [-0.15, -0.1) is 0 Å². The van der Waals surface area contributed by atoms with Gasteiger partial charge in [0, 0.05) is 6.20 Å². The fourth-order valence-electron chi connectivity index (χ4n) is 1.25. The fourth-order valence-corrected chi connectivity index (χ4v) is 1.25. The second-order valence-electron chi connectivity index (χ2n) is 3.70. The fraction of sp³-hybridized carbons (Fsp3) is 0.273. The normalized spacial score (nSPS) is 10.5. The van der Waals surface area contributed by atoms with Crippen molar-refractivity contribution in [2.24, 2.45) is 0 Å². The van der Waals surface area contributed by atoms with Crippen molar-refractivity contribution < 1.29 is 9.53 Å². The highest BCUT2D eigenvalue weighted by Crippen LogP contribution is 2.06. The Morgan fingerprint density at radius 1 is 1.41 bits per heavy atom. The average molecular weight is 232 g/mol. The molecule has 2 heterocycles. The molecule has 0 amide bonds. The summed E-state index contributed by atoms with van der Waals surface area (Å²) in [6.45, 7) is 3.60. The monoisotopic (exact) mass is 232 g/mol. The quantitative estimate of drug-likeness (QED) is 0.744. The van der Waals surface area contributed by atoms with Crippen molar-refractivity contribution in [2.45, 2.75) is 20.0 Å². The number of hydrogen-bond acceptors (Lipinski definition) is 5. The SMILES string of the molecule is CC(C)OC(=O)c1ccc(-n2cncn2)nc1. The Hall–Kier alpha value is -2.24. The lowest BCUT2D eigenvalue weighted by atomic mass is 10.3. The number of esters is 1. The molecule has 0 unspecified atom stereocenters. The molecule has 0 radical (unpaired) electrons. The number of hydrogen-bond donors (Lipinski definition) is 0. The van der Waals surface area contributed by atoms with Crippen molar-refractivity contribution in [1.82, 2.24) is 19.7 Å². The van der Waals surface area contributed by atoms with Gasteiger partial charge in [-0.25, -0.2) is 19.4 Å². The first-order valence-electron chi connectivity index (χ1n) is 5.19. The van der Waals surface area contributed by atoms with E-state index >= 15 is 0 Å². The molecule has 6 heteroatoms. The lowest BCUT2D eigenvalue weighted by molar-refractivity contribution is 0.0377. The molecule has 0 aliphatic carbocycles. The molecule has 0 N–H and O–H groups in total. The van der Waals surface area contributed by atoms with E-state index in [1.165, 1.54) is 23.5 Å². The van der Waals surface area contributed by atoms with Crippen LogP contribution in [0.4, 0.5) is 0 Å². The summed E-state index contributed by atoms with van der Waals surface area (Å²) < 4.78 is 6.56. The van der Waals surface area contributed by atoms with Gasteiger partial charge in [0.15, 0.2) is 5.82 Å². The molecule has 2 aromatic heterocycles. The number of nitrogens with zero attached hydrogens (tertiary/aromatic N) is 4. The Kier molecular flexibility index (Phi) is 3.13. The molecule has 6 nitrogen and oxygen atoms in total. The van der Waals surface area contributed by atoms with E-state index in [4.69, 9.17) is 4.74 Å². The smallest absolute Gasteiger partial charge is 0.339 e. The lowest BCUT2D eigenvalue weighted by Crippen LogP contribution is -2.12. The van der Waals surface area contributed by atoms with Gasteiger partial charge in [-0.05, 0) is 26.0 Å². The van der Waals surface area contributed by atoms with Crippen LogP contribution < -0.4 is 0 Å². The molecular weight excluding hydrogens is 220 g/mol. The summed E-state index contributed by atoms with van der Waals surface area (Å²) >= 11 is 0. The molecule has 0 aliphatic rings. The summed E-state index contributed by atoms with van der Waals surface area (Å²) in [5, 5.41) is 3.94. The van der Waals surface area contributed by atoms with E-state index in [2.05, 4.69) is 15.1 Å². The molecule has 0 saturated heterocycles. The molecule has 0 aromatic carbocycles. The molecule has 2 aromatic rings. The van der Waals surface area contributed by atoms with Crippen molar-refractivity contribution in [3.8, 4) is 5.82 Å². The standard InChI is InChI=1S/C11H12N4O2/c1-8(2)17-11(16)9-3-4-10(13-5-9)15-7-12-6-14-15/h3-8H,1-2H3. The topological polar surface area (TPSA) is 69.9 Å². The van der Waals surface area contributed by atoms with Crippen LogP contribution in [0.25, 0.3) is 5.82 Å². The summed E-state index contributed by atoms with van der Waals surface area (Å²) in [7, 11) is 0. The van der Waals surface area contributed by atoms with E-state index in [1.807, 2.05) is 0 Å². The van der Waals surface area contributed by atoms with Gasteiger partial charge in [0.05, 0.1) is 11.7 Å². The van der Waals surface area contributed by atoms with Crippen LogP contribution in [-0.4, -0.2) is 31.8 Å². The van der Waals surface area contributed by atoms with Gasteiger partial charge in [0.2, 0.25) is 0 Å². The van der Waals surface area contributed by atoms with Crippen LogP contribution in [0.2, 0.25) is 0 Å². The Balaban J connectivity index is 2.16. The summed E-state index contributed by atoms with van der Waals surface area (Å²) in [5.41, 5.74) is 0.419. The van der Waals surface area contributed by atoms with Crippen LogP contribution in [0.1, 0.15) is 24.2 Å². The first kappa shape index (κ1) is 11.3. The number of pyridine rings is 1. The summed E-state index contributed by atoms with van der Waals surface area (Å²) in [6, 6.07) is 3.33. The third kappa shape index (κ3) is 2.66. The third-order valence-corrected chi connectivity index (χ3v) is 1.98. The Bertz CT molecular complexity index is 491. The van der Waals surface area contributed by atoms with Gasteiger partial charge in [-0.2, -0.15) is 5.10 Å². The highest BCUT2D eigenvalue weighted by atomic mass is 16.5. The van der Waals surface area contributed by atoms with E-state index in [-0.39, 0.29) is 12.1 Å². The van der Waals surface area contributed by atoms with Crippen LogP contribution in [0.3, 0.4) is 0 Å². The van der Waals surface area contributed by atoms with E-state index in [0.29, 0.717) is 11.4 Å². The van der Waals surface area contributed by atoms with E-state index in [9.17, 15) is 4.79 Å². The molecule has 0 bridgehead atoms. The van der Waals surface area contributed by atoms with Gasteiger partial charge in [-0.3, -0.25) is 0 Å². The van der Waals surface area contributed by atoms with Crippen molar-refractivity contribution in [1.29, 1.82) is 0 Å². The first-order chi connectivity index (χ1) is 8.16. The molecular formula is C11H12N4O2. The van der Waals surface area contributed by atoms with E-state index in [0.717, 1.165) is 0 Å². The molecule has 0 fully saturated rings. The zero-order valence-electron chi connectivity index (χ0n) is 9.57. The van der Waals surface area contributed by atoms with Crippen molar-refractivity contribution in [3.63, 3.8) is 0 Å². The third-order valence-electron chi connectivity index (χ3n) is 1.98. The number of carbonyl (C=O) groups is 1. The van der Waals surface area contributed by atoms with Crippen LogP contribution in [-0.2, 0) is 4.74 Å². The summed E-state index contributed by atoms with van der Waals surface area (Å²) in [6.07, 6.45) is 4.27. The molecule has 0 aliphatic heterocycles. The first-order valence-corrected chi connectivity index (χ1v) is 5.19. The van der Waals surface area contributed by atoms with Gasteiger partial charge in [-0.1, -0.05) is 0 Å². The number of ether oxygens (including phenoxy) is 1. The van der Waals surface area contributed by atoms with Crippen LogP contribution in [0.15, 0.2) is 31.0 Å². The van der Waals surface area contributed by atoms with Crippen molar-refractivity contribution in [2.75, 3.05) is 0 Å². The zero-order chi connectivity index (χ0) is 12.3. The maximum absolute atomic E-state index is 11.6. The maximum Gasteiger partial charge on any atom is 0.339 e. The van der Waals surface area contributed by atoms with Gasteiger partial charge in [0.1, 0.15) is 12.7 Å². The van der Waals surface area contributed by atoms with E-state index < -0.39 is 0 Å². The summed E-state index contributed by atoms with van der Waals surface area (Å²) in [4.78, 5) is 19.5. The minimum atomic E-state index is -0.377. The van der Waals surface area contributed by atoms with Gasteiger partial charge >= 0.3 is 5.97 Å². The molecule has 17 heavy (non-hydrogen) atoms. The molecule has 2 rings (SSSR count). The Morgan fingerprint density at radius 3 is 2.76 bits per heavy atom. The largest absolute Gasteiger partial charge is 0.459 e. The van der Waals surface area contributed by atoms with Crippen molar-refractivity contribution >= 4 is 5.97 Å². The molecule has 0 atom stereocenters. The van der Waals surface area contributed by atoms with Gasteiger partial charge in [0.25, 0.3) is 0 Å². The maximum atomic E-state index is 11.6.